The molecule has 0 aliphatic rings. The van der Waals surface area contributed by atoms with E-state index in [1.54, 1.807) is 0 Å². The molecule has 0 saturated heterocycles. The van der Waals surface area contributed by atoms with Crippen molar-refractivity contribution in [1.29, 1.82) is 0 Å². The number of aryl methyl sites for hydroxylation is 1. The third kappa shape index (κ3) is 2.36. The molecule has 2 rings (SSSR count). The number of benzene rings is 1. The van der Waals surface area contributed by atoms with Gasteiger partial charge in [-0.1, -0.05) is 12.2 Å². The average molecular weight is 246 g/mol. The van der Waals surface area contributed by atoms with Crippen LogP contribution in [0.3, 0.4) is 0 Å². The Labute approximate surface area is 106 Å². The van der Waals surface area contributed by atoms with E-state index in [0.717, 1.165) is 22.2 Å². The van der Waals surface area contributed by atoms with Crippen LogP contribution in [0.15, 0.2) is 24.3 Å². The SMILES string of the molecule is CCOc1ccc2nc(C(N)=S)cc(C)c2c1. The van der Waals surface area contributed by atoms with Crippen molar-refractivity contribution in [2.45, 2.75) is 13.8 Å². The zero-order chi connectivity index (χ0) is 12.4. The maximum atomic E-state index is 5.60. The van der Waals surface area contributed by atoms with Crippen LogP contribution in [0, 0.1) is 6.92 Å². The van der Waals surface area contributed by atoms with E-state index < -0.39 is 0 Å². The maximum absolute atomic E-state index is 5.60. The van der Waals surface area contributed by atoms with Gasteiger partial charge in [-0.05, 0) is 43.7 Å². The fourth-order valence-electron chi connectivity index (χ4n) is 1.76. The summed E-state index contributed by atoms with van der Waals surface area (Å²) in [6.07, 6.45) is 0. The summed E-state index contributed by atoms with van der Waals surface area (Å²) >= 11 is 4.94. The fourth-order valence-corrected chi connectivity index (χ4v) is 1.86. The molecule has 0 saturated carbocycles. The molecule has 0 unspecified atom stereocenters. The summed E-state index contributed by atoms with van der Waals surface area (Å²) < 4.78 is 5.47. The van der Waals surface area contributed by atoms with Crippen molar-refractivity contribution in [3.05, 3.63) is 35.5 Å². The minimum Gasteiger partial charge on any atom is -0.494 e. The lowest BCUT2D eigenvalue weighted by atomic mass is 10.1. The monoisotopic (exact) mass is 246 g/mol. The van der Waals surface area contributed by atoms with Crippen LogP contribution in [0.2, 0.25) is 0 Å². The second-order valence-corrected chi connectivity index (χ2v) is 4.24. The number of aromatic nitrogens is 1. The van der Waals surface area contributed by atoms with Gasteiger partial charge < -0.3 is 10.5 Å². The summed E-state index contributed by atoms with van der Waals surface area (Å²) in [6, 6.07) is 7.72. The Kier molecular flexibility index (Phi) is 3.24. The van der Waals surface area contributed by atoms with Gasteiger partial charge in [0.1, 0.15) is 10.7 Å². The van der Waals surface area contributed by atoms with Crippen molar-refractivity contribution in [2.75, 3.05) is 6.61 Å². The molecule has 88 valence electrons. The lowest BCUT2D eigenvalue weighted by molar-refractivity contribution is 0.340. The number of ether oxygens (including phenoxy) is 1. The highest BCUT2D eigenvalue weighted by Gasteiger charge is 2.06. The van der Waals surface area contributed by atoms with E-state index in [1.807, 2.05) is 38.1 Å². The largest absolute Gasteiger partial charge is 0.494 e. The minimum atomic E-state index is 0.323. The number of thiocarbonyl (C=S) groups is 1. The molecule has 0 amide bonds. The summed E-state index contributed by atoms with van der Waals surface area (Å²) in [5.41, 5.74) is 8.24. The van der Waals surface area contributed by atoms with Gasteiger partial charge in [0, 0.05) is 5.39 Å². The molecule has 4 heteroatoms. The highest BCUT2D eigenvalue weighted by Crippen LogP contribution is 2.23. The molecule has 17 heavy (non-hydrogen) atoms. The predicted octanol–water partition coefficient (Wildman–Crippen LogP) is 2.58. The smallest absolute Gasteiger partial charge is 0.122 e. The number of hydrogen-bond donors (Lipinski definition) is 1. The first-order valence-corrected chi connectivity index (χ1v) is 5.86. The first-order chi connectivity index (χ1) is 8.11. The second-order valence-electron chi connectivity index (χ2n) is 3.80. The van der Waals surface area contributed by atoms with E-state index in [0.29, 0.717) is 17.3 Å². The Hall–Kier alpha value is -1.68. The Morgan fingerprint density at radius 1 is 1.41 bits per heavy atom. The summed E-state index contributed by atoms with van der Waals surface area (Å²) in [4.78, 5) is 4.74. The van der Waals surface area contributed by atoms with Crippen LogP contribution in [-0.4, -0.2) is 16.6 Å². The molecule has 0 fully saturated rings. The highest BCUT2D eigenvalue weighted by atomic mass is 32.1. The van der Waals surface area contributed by atoms with Crippen molar-refractivity contribution in [2.24, 2.45) is 5.73 Å². The number of nitrogens with two attached hydrogens (primary N) is 1. The second kappa shape index (κ2) is 4.67. The van der Waals surface area contributed by atoms with Crippen LogP contribution in [0.1, 0.15) is 18.2 Å². The summed E-state index contributed by atoms with van der Waals surface area (Å²) in [6.45, 7) is 4.63. The van der Waals surface area contributed by atoms with Crippen LogP contribution in [-0.2, 0) is 0 Å². The molecule has 0 spiro atoms. The van der Waals surface area contributed by atoms with E-state index >= 15 is 0 Å². The molecule has 2 N–H and O–H groups in total. The first kappa shape index (κ1) is 11.8. The van der Waals surface area contributed by atoms with Gasteiger partial charge in [0.25, 0.3) is 0 Å². The zero-order valence-electron chi connectivity index (χ0n) is 9.86. The van der Waals surface area contributed by atoms with Gasteiger partial charge in [0.05, 0.1) is 17.8 Å². The molecule has 0 atom stereocenters. The van der Waals surface area contributed by atoms with E-state index in [2.05, 4.69) is 4.98 Å². The van der Waals surface area contributed by atoms with Gasteiger partial charge in [-0.15, -0.1) is 0 Å². The number of pyridine rings is 1. The Bertz CT molecular complexity index is 581. The maximum Gasteiger partial charge on any atom is 0.122 e. The molecular weight excluding hydrogens is 232 g/mol. The van der Waals surface area contributed by atoms with Gasteiger partial charge in [0.15, 0.2) is 0 Å². The van der Waals surface area contributed by atoms with Gasteiger partial charge in [-0.25, -0.2) is 4.98 Å². The minimum absolute atomic E-state index is 0.323. The molecule has 0 radical (unpaired) electrons. The van der Waals surface area contributed by atoms with Crippen LogP contribution in [0.25, 0.3) is 10.9 Å². The van der Waals surface area contributed by atoms with Crippen LogP contribution in [0.4, 0.5) is 0 Å². The van der Waals surface area contributed by atoms with E-state index in [-0.39, 0.29) is 0 Å². The Morgan fingerprint density at radius 2 is 2.18 bits per heavy atom. The van der Waals surface area contributed by atoms with Crippen LogP contribution < -0.4 is 10.5 Å². The number of hydrogen-bond acceptors (Lipinski definition) is 3. The average Bonchev–Trinajstić information content (AvgIpc) is 2.30. The summed E-state index contributed by atoms with van der Waals surface area (Å²) in [5.74, 6) is 0.855. The van der Waals surface area contributed by atoms with Crippen molar-refractivity contribution in [1.82, 2.24) is 4.98 Å². The molecule has 0 bridgehead atoms. The summed E-state index contributed by atoms with van der Waals surface area (Å²) in [7, 11) is 0. The highest BCUT2D eigenvalue weighted by molar-refractivity contribution is 7.80. The normalized spacial score (nSPS) is 10.5. The van der Waals surface area contributed by atoms with Gasteiger partial charge >= 0.3 is 0 Å². The quantitative estimate of drug-likeness (QED) is 0.846. The lowest BCUT2D eigenvalue weighted by Crippen LogP contribution is -2.11. The van der Waals surface area contributed by atoms with Crippen molar-refractivity contribution in [3.8, 4) is 5.75 Å². The topological polar surface area (TPSA) is 48.1 Å². The molecular formula is C13H14N2OS. The standard InChI is InChI=1S/C13H14N2OS/c1-3-16-9-4-5-11-10(7-9)8(2)6-12(15-11)13(14)17/h4-7H,3H2,1-2H3,(H2,14,17). The summed E-state index contributed by atoms with van der Waals surface area (Å²) in [5, 5.41) is 1.07. The van der Waals surface area contributed by atoms with Gasteiger partial charge in [-0.2, -0.15) is 0 Å². The Balaban J connectivity index is 2.60. The van der Waals surface area contributed by atoms with Crippen LogP contribution >= 0.6 is 12.2 Å². The molecule has 1 aromatic heterocycles. The number of rotatable bonds is 3. The zero-order valence-corrected chi connectivity index (χ0v) is 10.7. The van der Waals surface area contributed by atoms with E-state index in [1.165, 1.54) is 0 Å². The molecule has 1 aromatic carbocycles. The Morgan fingerprint density at radius 3 is 2.82 bits per heavy atom. The van der Waals surface area contributed by atoms with Crippen molar-refractivity contribution >= 4 is 28.1 Å². The molecule has 0 aliphatic heterocycles. The third-order valence-electron chi connectivity index (χ3n) is 2.55. The predicted molar refractivity (Wildman–Crippen MR) is 73.5 cm³/mol. The van der Waals surface area contributed by atoms with E-state index in [4.69, 9.17) is 22.7 Å². The van der Waals surface area contributed by atoms with Gasteiger partial charge in [0.2, 0.25) is 0 Å². The van der Waals surface area contributed by atoms with Crippen molar-refractivity contribution in [3.63, 3.8) is 0 Å². The molecule has 3 nitrogen and oxygen atoms in total. The number of nitrogens with zero attached hydrogens (tertiary/aromatic N) is 1. The molecule has 2 aromatic rings. The molecule has 0 aliphatic carbocycles. The number of fused-ring (bicyclic) bond motifs is 1. The van der Waals surface area contributed by atoms with Gasteiger partial charge in [-0.3, -0.25) is 0 Å². The van der Waals surface area contributed by atoms with Crippen molar-refractivity contribution < 1.29 is 4.74 Å². The van der Waals surface area contributed by atoms with Crippen LogP contribution in [0.5, 0.6) is 5.75 Å². The fraction of sp³-hybridized carbons (Fsp3) is 0.231. The molecule has 1 heterocycles. The third-order valence-corrected chi connectivity index (χ3v) is 2.76. The van der Waals surface area contributed by atoms with E-state index in [9.17, 15) is 0 Å². The lowest BCUT2D eigenvalue weighted by Gasteiger charge is -2.08. The first-order valence-electron chi connectivity index (χ1n) is 5.46.